The van der Waals surface area contributed by atoms with Crippen LogP contribution in [0.4, 0.5) is 29.2 Å². The van der Waals surface area contributed by atoms with Crippen LogP contribution in [0.5, 0.6) is 11.5 Å². The first-order valence-electron chi connectivity index (χ1n) is 26.3. The number of nitrogens with one attached hydrogen (secondary N) is 1. The van der Waals surface area contributed by atoms with Gasteiger partial charge in [-0.1, -0.05) is 146 Å². The monoisotopic (exact) mass is 1140 g/mol. The Morgan fingerprint density at radius 3 is 1.47 bits per heavy atom. The Kier molecular flexibility index (Phi) is 17.3. The predicted octanol–water partition coefficient (Wildman–Crippen LogP) is 8.63. The number of halogens is 4. The summed E-state index contributed by atoms with van der Waals surface area (Å²) in [6.07, 6.45) is -12.0. The first-order chi connectivity index (χ1) is 39.8. The predicted molar refractivity (Wildman–Crippen MR) is 298 cm³/mol. The van der Waals surface area contributed by atoms with Crippen LogP contribution >= 0.6 is 0 Å². The Bertz CT molecular complexity index is 3510. The fourth-order valence-electron chi connectivity index (χ4n) is 10.5. The number of carbonyl (C=O) groups excluding carboxylic acids is 1. The number of benzene rings is 6. The van der Waals surface area contributed by atoms with Crippen molar-refractivity contribution in [3.8, 4) is 11.5 Å². The van der Waals surface area contributed by atoms with Crippen LogP contribution in [0.25, 0.3) is 0 Å². The minimum Gasteiger partial charge on any atom is -0.497 e. The Balaban J connectivity index is 0.000000316. The number of hydrogen-bond donors (Lipinski definition) is 4. The van der Waals surface area contributed by atoms with Crippen molar-refractivity contribution in [1.82, 2.24) is 19.1 Å². The van der Waals surface area contributed by atoms with Gasteiger partial charge in [-0.15, -0.1) is 0 Å². The van der Waals surface area contributed by atoms with Gasteiger partial charge < -0.3 is 49.7 Å². The van der Waals surface area contributed by atoms with Gasteiger partial charge in [0.25, 0.3) is 0 Å². The summed E-state index contributed by atoms with van der Waals surface area (Å²) in [7, 11) is 3.13. The summed E-state index contributed by atoms with van der Waals surface area (Å²) in [5, 5.41) is 24.4. The summed E-state index contributed by atoms with van der Waals surface area (Å²) in [6, 6.07) is 54.6. The molecule has 2 fully saturated rings. The number of aliphatic hydroxyl groups excluding tert-OH is 2. The number of aliphatic hydroxyl groups is 2. The summed E-state index contributed by atoms with van der Waals surface area (Å²) in [4.78, 5) is 44.4. The molecule has 0 spiro atoms. The van der Waals surface area contributed by atoms with Gasteiger partial charge in [-0.25, -0.2) is 9.59 Å². The Hall–Kier alpha value is -8.73. The van der Waals surface area contributed by atoms with Crippen LogP contribution in [-0.4, -0.2) is 98.0 Å². The number of carbonyl (C=O) groups is 1. The molecular formula is C62H60F4N6O11. The summed E-state index contributed by atoms with van der Waals surface area (Å²) < 4.78 is 98.1. The maximum atomic E-state index is 17.4. The number of methoxy groups -OCH3 is 2. The van der Waals surface area contributed by atoms with Gasteiger partial charge in [-0.2, -0.15) is 27.5 Å². The van der Waals surface area contributed by atoms with Gasteiger partial charge in [0.15, 0.2) is 12.2 Å². The van der Waals surface area contributed by atoms with Gasteiger partial charge >= 0.3 is 29.2 Å². The molecule has 0 saturated carbocycles. The van der Waals surface area contributed by atoms with Crippen LogP contribution < -0.4 is 31.9 Å². The van der Waals surface area contributed by atoms with Crippen LogP contribution in [0.2, 0.25) is 0 Å². The lowest BCUT2D eigenvalue weighted by Gasteiger charge is -2.40. The lowest BCUT2D eigenvalue weighted by atomic mass is 9.77. The lowest BCUT2D eigenvalue weighted by Crippen LogP contribution is -2.50. The topological polar surface area (TPSA) is 221 Å². The van der Waals surface area contributed by atoms with Crippen molar-refractivity contribution < 1.29 is 61.0 Å². The molecule has 2 aliphatic heterocycles. The van der Waals surface area contributed by atoms with Crippen molar-refractivity contribution in [2.45, 2.75) is 92.8 Å². The van der Waals surface area contributed by atoms with Crippen molar-refractivity contribution >= 4 is 17.6 Å². The van der Waals surface area contributed by atoms with E-state index in [1.165, 1.54) is 26.1 Å². The smallest absolute Gasteiger partial charge is 0.351 e. The number of esters is 1. The highest BCUT2D eigenvalue weighted by Crippen LogP contribution is 2.51. The second-order valence-corrected chi connectivity index (χ2v) is 19.8. The second-order valence-electron chi connectivity index (χ2n) is 19.8. The zero-order valence-electron chi connectivity index (χ0n) is 45.5. The van der Waals surface area contributed by atoms with E-state index in [9.17, 15) is 33.4 Å². The number of hydrogen-bond acceptors (Lipinski definition) is 15. The first-order valence-corrected chi connectivity index (χ1v) is 26.3. The normalized spacial score (nSPS) is 20.7. The number of nitrogen functional groups attached to an aromatic ring is 1. The van der Waals surface area contributed by atoms with E-state index in [1.54, 1.807) is 87.0 Å². The molecule has 4 heterocycles. The molecule has 0 bridgehead atoms. The molecule has 8 atom stereocenters. The number of nitrogens with two attached hydrogens (primary N) is 1. The van der Waals surface area contributed by atoms with Crippen molar-refractivity contribution in [2.75, 3.05) is 25.3 Å². The molecule has 6 aromatic carbocycles. The number of nitrogens with zero attached hydrogens (tertiary/aromatic N) is 4. The van der Waals surface area contributed by atoms with E-state index < -0.39 is 89.4 Å². The van der Waals surface area contributed by atoms with Gasteiger partial charge in [-0.05, 0) is 83.6 Å². The summed E-state index contributed by atoms with van der Waals surface area (Å²) >= 11 is 0. The lowest BCUT2D eigenvalue weighted by molar-refractivity contribution is -0.182. The van der Waals surface area contributed by atoms with E-state index in [0.717, 1.165) is 40.4 Å². The molecule has 0 aliphatic carbocycles. The number of anilines is 2. The second kappa shape index (κ2) is 24.4. The standard InChI is InChI=1S/C50H45F2N3O6.C12H15F2N3O5/c1-34(56)44-45(61-49(38-20-12-6-13-21-38,39-22-14-7-15-23-39)40-26-30-42(59-3)31-27-40)50(51,52)46(60-44)55-33-32-43(53-47(55)57)54-48(35-16-8-4-9-17-35,36-18-10-5-11-19-36)37-24-28-41(58-2)29-25-37;1-5(21-6(2)18)8-9(19)12(13,14)10(22-8)17-4-3-7(15)16-11(17)20/h4-34,44-46,56H,1-3H3,(H,53,54,57);3-5,8-10,19H,1-2H3,(H2,15,16,20)/t34-,44+,45+,46+;5-,8+,9+,10+/m00/s1. The highest BCUT2D eigenvalue weighted by molar-refractivity contribution is 5.66. The van der Waals surface area contributed by atoms with Crippen molar-refractivity contribution in [1.29, 1.82) is 0 Å². The fourth-order valence-corrected chi connectivity index (χ4v) is 10.5. The largest absolute Gasteiger partial charge is 0.497 e. The highest BCUT2D eigenvalue weighted by Gasteiger charge is 2.65. The van der Waals surface area contributed by atoms with Crippen LogP contribution in [0.1, 0.15) is 66.6 Å². The van der Waals surface area contributed by atoms with Gasteiger partial charge in [0, 0.05) is 19.3 Å². The van der Waals surface area contributed by atoms with E-state index in [4.69, 9.17) is 34.2 Å². The molecule has 0 amide bonds. The zero-order valence-corrected chi connectivity index (χ0v) is 45.5. The van der Waals surface area contributed by atoms with Gasteiger partial charge in [0.1, 0.15) is 52.6 Å². The molecule has 2 aromatic heterocycles. The van der Waals surface area contributed by atoms with Crippen LogP contribution in [0, 0.1) is 0 Å². The molecule has 8 aromatic rings. The Labute approximate surface area is 474 Å². The van der Waals surface area contributed by atoms with Crippen molar-refractivity contribution in [3.63, 3.8) is 0 Å². The zero-order chi connectivity index (χ0) is 59.3. The fraction of sp³-hybridized carbons (Fsp3) is 0.274. The van der Waals surface area contributed by atoms with Crippen LogP contribution in [0.15, 0.2) is 204 Å². The molecule has 2 aliphatic rings. The maximum absolute atomic E-state index is 17.4. The number of rotatable bonds is 17. The van der Waals surface area contributed by atoms with E-state index in [-0.39, 0.29) is 11.6 Å². The minimum absolute atomic E-state index is 0.123. The summed E-state index contributed by atoms with van der Waals surface area (Å²) in [5.74, 6) is -7.16. The van der Waals surface area contributed by atoms with Crippen LogP contribution in [-0.2, 0) is 34.9 Å². The molecule has 2 saturated heterocycles. The van der Waals surface area contributed by atoms with E-state index in [2.05, 4.69) is 15.3 Å². The third-order valence-corrected chi connectivity index (χ3v) is 14.5. The quantitative estimate of drug-likeness (QED) is 0.0381. The van der Waals surface area contributed by atoms with E-state index >= 15 is 8.78 Å². The Morgan fingerprint density at radius 1 is 0.614 bits per heavy atom. The molecule has 0 unspecified atom stereocenters. The van der Waals surface area contributed by atoms with Crippen molar-refractivity contribution in [2.24, 2.45) is 0 Å². The van der Waals surface area contributed by atoms with Crippen molar-refractivity contribution in [3.05, 3.63) is 249 Å². The van der Waals surface area contributed by atoms with Gasteiger partial charge in [-0.3, -0.25) is 13.9 Å². The molecule has 10 rings (SSSR count). The molecule has 432 valence electrons. The number of alkyl halides is 4. The first kappa shape index (κ1) is 58.9. The van der Waals surface area contributed by atoms with Gasteiger partial charge in [0.05, 0.1) is 20.3 Å². The molecule has 0 radical (unpaired) electrons. The average molecular weight is 1140 g/mol. The van der Waals surface area contributed by atoms with Gasteiger partial charge in [0.2, 0.25) is 12.5 Å². The Morgan fingerprint density at radius 2 is 1.02 bits per heavy atom. The highest BCUT2D eigenvalue weighted by atomic mass is 19.3. The molecule has 5 N–H and O–H groups in total. The third-order valence-electron chi connectivity index (χ3n) is 14.5. The average Bonchev–Trinajstić information content (AvgIpc) is 4.18. The summed E-state index contributed by atoms with van der Waals surface area (Å²) in [5.41, 5.74) is 4.63. The van der Waals surface area contributed by atoms with Crippen LogP contribution in [0.3, 0.4) is 0 Å². The molecule has 21 heteroatoms. The maximum Gasteiger partial charge on any atom is 0.351 e. The van der Waals surface area contributed by atoms with E-state index in [0.29, 0.717) is 32.8 Å². The minimum atomic E-state index is -3.88. The molecular weight excluding hydrogens is 1080 g/mol. The SMILES string of the molecule is CC(=O)O[C@@H](C)[C@H]1O[C@@H](n2ccc(N)nc2=O)C(F)(F)[C@@H]1O.COc1ccc(C(Nc2ccn([C@@H]3O[C@H]([C@H](C)O)[C@@H](OC(c4ccccc4)(c4ccccc4)c4ccc(OC)cc4)C3(F)F)c(=O)n2)(c2ccccc2)c2ccccc2)cc1. The number of aromatic nitrogens is 4. The summed E-state index contributed by atoms with van der Waals surface area (Å²) in [6.45, 7) is 3.76. The third kappa shape index (κ3) is 11.6. The molecule has 83 heavy (non-hydrogen) atoms. The van der Waals surface area contributed by atoms with E-state index in [1.807, 2.05) is 97.1 Å². The number of ether oxygens (including phenoxy) is 6. The molecule has 17 nitrogen and oxygen atoms in total.